The molecule has 5 nitrogen and oxygen atoms in total. The monoisotopic (exact) mass is 287 g/mol. The van der Waals surface area contributed by atoms with Gasteiger partial charge < -0.3 is 14.7 Å². The van der Waals surface area contributed by atoms with Gasteiger partial charge >= 0.3 is 0 Å². The van der Waals surface area contributed by atoms with E-state index < -0.39 is 5.23 Å². The maximum absolute atomic E-state index is 10.5. The van der Waals surface area contributed by atoms with Crippen LogP contribution in [0.25, 0.3) is 6.08 Å². The van der Waals surface area contributed by atoms with Crippen LogP contribution in [0.2, 0.25) is 0 Å². The lowest BCUT2D eigenvalue weighted by Gasteiger charge is -2.11. The summed E-state index contributed by atoms with van der Waals surface area (Å²) in [7, 11) is 1.57. The Bertz CT molecular complexity index is 596. The number of ether oxygens (including phenoxy) is 2. The maximum Gasteiger partial charge on any atom is 0.162 e. The van der Waals surface area contributed by atoms with E-state index in [9.17, 15) is 5.21 Å². The van der Waals surface area contributed by atoms with E-state index in [1.54, 1.807) is 25.3 Å². The number of quaternary nitrogens is 1. The molecule has 0 bridgehead atoms. The molecule has 1 unspecified atom stereocenters. The molecule has 0 spiro atoms. The highest BCUT2D eigenvalue weighted by molar-refractivity contribution is 5.55. The molecule has 0 aliphatic rings. The number of hydrogen-bond acceptors (Lipinski definition) is 4. The van der Waals surface area contributed by atoms with Gasteiger partial charge in [-0.15, -0.1) is 0 Å². The molecule has 0 saturated heterocycles. The van der Waals surface area contributed by atoms with E-state index >= 15 is 0 Å². The first-order valence-electron chi connectivity index (χ1n) is 6.45. The molecule has 1 atom stereocenters. The van der Waals surface area contributed by atoms with E-state index in [4.69, 9.17) is 14.7 Å². The molecular formula is C16H17NO4. The summed E-state index contributed by atoms with van der Waals surface area (Å²) in [4.78, 5) is 0. The van der Waals surface area contributed by atoms with Crippen molar-refractivity contribution < 1.29 is 19.9 Å². The molecule has 0 saturated carbocycles. The van der Waals surface area contributed by atoms with Crippen molar-refractivity contribution in [1.82, 2.24) is 0 Å². The summed E-state index contributed by atoms with van der Waals surface area (Å²) in [6, 6.07) is 15.1. The number of benzene rings is 2. The fourth-order valence-corrected chi connectivity index (χ4v) is 1.81. The molecule has 2 aromatic carbocycles. The predicted octanol–water partition coefficient (Wildman–Crippen LogP) is 2.02. The Hall–Kier alpha value is -2.34. The van der Waals surface area contributed by atoms with Crippen molar-refractivity contribution >= 4 is 6.08 Å². The molecule has 2 aromatic rings. The Labute approximate surface area is 123 Å². The normalized spacial score (nSPS) is 12.3. The van der Waals surface area contributed by atoms with E-state index in [2.05, 4.69) is 0 Å². The summed E-state index contributed by atoms with van der Waals surface area (Å²) >= 11 is 0. The van der Waals surface area contributed by atoms with Crippen molar-refractivity contribution in [2.45, 2.75) is 6.61 Å². The Balaban J connectivity index is 2.14. The number of nitrogens with one attached hydrogen (secondary N) is 1. The third-order valence-corrected chi connectivity index (χ3v) is 2.84. The molecule has 21 heavy (non-hydrogen) atoms. The fourth-order valence-electron chi connectivity index (χ4n) is 1.81. The van der Waals surface area contributed by atoms with Crippen molar-refractivity contribution in [2.75, 3.05) is 7.11 Å². The molecule has 0 fully saturated rings. The van der Waals surface area contributed by atoms with Gasteiger partial charge in [0.2, 0.25) is 0 Å². The summed E-state index contributed by atoms with van der Waals surface area (Å²) < 4.78 is 11.0. The first-order valence-corrected chi connectivity index (χ1v) is 6.45. The Morgan fingerprint density at radius 3 is 2.57 bits per heavy atom. The van der Waals surface area contributed by atoms with E-state index in [-0.39, 0.29) is 0 Å². The lowest BCUT2D eigenvalue weighted by molar-refractivity contribution is -1.00. The minimum Gasteiger partial charge on any atom is -0.595 e. The van der Waals surface area contributed by atoms with Crippen LogP contribution in [-0.2, 0) is 6.61 Å². The van der Waals surface area contributed by atoms with Crippen LogP contribution in [0, 0.1) is 5.21 Å². The molecule has 0 heterocycles. The van der Waals surface area contributed by atoms with E-state index in [0.717, 1.165) is 17.3 Å². The van der Waals surface area contributed by atoms with Gasteiger partial charge in [0.15, 0.2) is 11.5 Å². The zero-order valence-corrected chi connectivity index (χ0v) is 11.7. The minimum absolute atomic E-state index is 0.420. The molecule has 2 N–H and O–H groups in total. The van der Waals surface area contributed by atoms with Crippen molar-refractivity contribution in [3.63, 3.8) is 0 Å². The van der Waals surface area contributed by atoms with Gasteiger partial charge in [-0.1, -0.05) is 36.4 Å². The average molecular weight is 287 g/mol. The van der Waals surface area contributed by atoms with Gasteiger partial charge in [0.1, 0.15) is 12.8 Å². The lowest BCUT2D eigenvalue weighted by atomic mass is 10.2. The first-order chi connectivity index (χ1) is 10.2. The van der Waals surface area contributed by atoms with Crippen LogP contribution in [-0.4, -0.2) is 12.3 Å². The Morgan fingerprint density at radius 2 is 1.90 bits per heavy atom. The van der Waals surface area contributed by atoms with Gasteiger partial charge in [-0.05, 0) is 23.3 Å². The van der Waals surface area contributed by atoms with Crippen LogP contribution in [0.5, 0.6) is 11.5 Å². The first kappa shape index (κ1) is 15.1. The van der Waals surface area contributed by atoms with Crippen molar-refractivity contribution in [1.29, 1.82) is 0 Å². The second-order valence-corrected chi connectivity index (χ2v) is 4.36. The predicted molar refractivity (Wildman–Crippen MR) is 78.9 cm³/mol. The summed E-state index contributed by atoms with van der Waals surface area (Å²) in [5.41, 5.74) is 1.78. The van der Waals surface area contributed by atoms with Gasteiger partial charge in [0.25, 0.3) is 0 Å². The SMILES string of the molecule is COc1ccc(C=C[NH+]([O-])O)cc1OCc1ccccc1. The van der Waals surface area contributed by atoms with Gasteiger partial charge in [0, 0.05) is 6.08 Å². The van der Waals surface area contributed by atoms with E-state index in [1.165, 1.54) is 6.08 Å². The van der Waals surface area contributed by atoms with Gasteiger partial charge in [-0.2, -0.15) is 0 Å². The zero-order chi connectivity index (χ0) is 15.1. The second-order valence-electron chi connectivity index (χ2n) is 4.36. The van der Waals surface area contributed by atoms with Crippen LogP contribution in [0.3, 0.4) is 0 Å². The number of hydrogen-bond donors (Lipinski definition) is 2. The second kappa shape index (κ2) is 7.44. The summed E-state index contributed by atoms with van der Waals surface area (Å²) in [6.07, 6.45) is 2.60. The standard InChI is InChI=1S/C16H17NO4/c1-20-15-8-7-13(9-10-17(18)19)11-16(15)21-12-14-5-3-2-4-6-14/h2-11,17-18H,12H2,1H3. The van der Waals surface area contributed by atoms with Crippen molar-refractivity contribution in [3.05, 3.63) is 71.1 Å². The van der Waals surface area contributed by atoms with Gasteiger partial charge in [0.05, 0.1) is 7.11 Å². The highest BCUT2D eigenvalue weighted by Crippen LogP contribution is 2.29. The van der Waals surface area contributed by atoms with Gasteiger partial charge in [-0.3, -0.25) is 0 Å². The fraction of sp³-hybridized carbons (Fsp3) is 0.125. The highest BCUT2D eigenvalue weighted by Gasteiger charge is 2.05. The minimum atomic E-state index is -0.988. The number of hydroxylamine groups is 2. The molecule has 2 rings (SSSR count). The van der Waals surface area contributed by atoms with Gasteiger partial charge in [-0.25, -0.2) is 10.4 Å². The molecule has 0 aromatic heterocycles. The van der Waals surface area contributed by atoms with E-state index in [0.29, 0.717) is 18.1 Å². The number of rotatable bonds is 6. The van der Waals surface area contributed by atoms with Crippen molar-refractivity contribution in [3.8, 4) is 11.5 Å². The van der Waals surface area contributed by atoms with Crippen LogP contribution in [0.4, 0.5) is 0 Å². The smallest absolute Gasteiger partial charge is 0.162 e. The molecule has 0 amide bonds. The van der Waals surface area contributed by atoms with E-state index in [1.807, 2.05) is 30.3 Å². The zero-order valence-electron chi connectivity index (χ0n) is 11.7. The van der Waals surface area contributed by atoms with Crippen LogP contribution < -0.4 is 14.7 Å². The highest BCUT2D eigenvalue weighted by atomic mass is 16.8. The average Bonchev–Trinajstić information content (AvgIpc) is 2.52. The topological polar surface area (TPSA) is 66.2 Å². The molecule has 0 aliphatic heterocycles. The van der Waals surface area contributed by atoms with Crippen LogP contribution in [0.1, 0.15) is 11.1 Å². The van der Waals surface area contributed by atoms with Crippen LogP contribution in [0.15, 0.2) is 54.7 Å². The molecule has 0 radical (unpaired) electrons. The summed E-state index contributed by atoms with van der Waals surface area (Å²) in [5.74, 6) is 1.19. The maximum atomic E-state index is 10.5. The third kappa shape index (κ3) is 4.61. The molecule has 5 heteroatoms. The van der Waals surface area contributed by atoms with Crippen LogP contribution >= 0.6 is 0 Å². The lowest BCUT2D eigenvalue weighted by Crippen LogP contribution is -2.99. The summed E-state index contributed by atoms with van der Waals surface area (Å²) in [5, 5.41) is 18.2. The number of methoxy groups -OCH3 is 1. The quantitative estimate of drug-likeness (QED) is 0.798. The molecular weight excluding hydrogens is 270 g/mol. The Kier molecular flexibility index (Phi) is 5.34. The largest absolute Gasteiger partial charge is 0.595 e. The Morgan fingerprint density at radius 1 is 1.14 bits per heavy atom. The third-order valence-electron chi connectivity index (χ3n) is 2.84. The summed E-state index contributed by atoms with van der Waals surface area (Å²) in [6.45, 7) is 0.420. The van der Waals surface area contributed by atoms with Crippen molar-refractivity contribution in [2.24, 2.45) is 0 Å². The molecule has 110 valence electrons. The molecule has 0 aliphatic carbocycles.